The van der Waals surface area contributed by atoms with Crippen LogP contribution in [-0.2, 0) is 11.3 Å². The van der Waals surface area contributed by atoms with Gasteiger partial charge in [-0.2, -0.15) is 0 Å². The highest BCUT2D eigenvalue weighted by Gasteiger charge is 2.15. The lowest BCUT2D eigenvalue weighted by molar-refractivity contribution is 0.0521. The Labute approximate surface area is 102 Å². The number of rotatable bonds is 5. The van der Waals surface area contributed by atoms with Crippen LogP contribution in [0.1, 0.15) is 23.0 Å². The third-order valence-corrected chi connectivity index (χ3v) is 2.85. The molecule has 0 saturated heterocycles. The van der Waals surface area contributed by atoms with Crippen molar-refractivity contribution >= 4 is 22.3 Å². The van der Waals surface area contributed by atoms with E-state index in [1.807, 2.05) is 6.07 Å². The van der Waals surface area contributed by atoms with E-state index in [1.165, 1.54) is 11.3 Å². The molecule has 0 aliphatic carbocycles. The van der Waals surface area contributed by atoms with Gasteiger partial charge in [-0.1, -0.05) is 0 Å². The number of hydrogen-bond acceptors (Lipinski definition) is 6. The standard InChI is InChI=1S/C11H12N2O3S/c1-2-16-11(14)9-10(17-7-13-9)12-5-8-3-4-15-6-8/h3-4,6-7,12H,2,5H2,1H3. The first-order valence-corrected chi connectivity index (χ1v) is 6.04. The van der Waals surface area contributed by atoms with Gasteiger partial charge in [0.2, 0.25) is 0 Å². The van der Waals surface area contributed by atoms with Crippen molar-refractivity contribution in [3.63, 3.8) is 0 Å². The minimum atomic E-state index is -0.400. The molecule has 90 valence electrons. The van der Waals surface area contributed by atoms with Crippen molar-refractivity contribution in [1.82, 2.24) is 4.98 Å². The van der Waals surface area contributed by atoms with Crippen LogP contribution in [-0.4, -0.2) is 17.6 Å². The second-order valence-electron chi connectivity index (χ2n) is 3.24. The van der Waals surface area contributed by atoms with E-state index < -0.39 is 5.97 Å². The maximum atomic E-state index is 11.6. The molecule has 2 heterocycles. The topological polar surface area (TPSA) is 64.4 Å². The first kappa shape index (κ1) is 11.7. The van der Waals surface area contributed by atoms with Crippen molar-refractivity contribution in [2.24, 2.45) is 0 Å². The van der Waals surface area contributed by atoms with E-state index in [0.717, 1.165) is 5.56 Å². The molecule has 6 heteroatoms. The maximum absolute atomic E-state index is 11.6. The number of furan rings is 1. The van der Waals surface area contributed by atoms with Gasteiger partial charge in [0.05, 0.1) is 24.6 Å². The van der Waals surface area contributed by atoms with E-state index in [9.17, 15) is 4.79 Å². The summed E-state index contributed by atoms with van der Waals surface area (Å²) < 4.78 is 9.87. The Hall–Kier alpha value is -1.82. The van der Waals surface area contributed by atoms with Gasteiger partial charge in [-0.25, -0.2) is 9.78 Å². The number of carbonyl (C=O) groups is 1. The highest BCUT2D eigenvalue weighted by Crippen LogP contribution is 2.21. The molecule has 0 unspecified atom stereocenters. The van der Waals surface area contributed by atoms with Gasteiger partial charge in [0.1, 0.15) is 5.00 Å². The lowest BCUT2D eigenvalue weighted by Gasteiger charge is -2.04. The summed E-state index contributed by atoms with van der Waals surface area (Å²) in [5.41, 5.74) is 2.96. The van der Waals surface area contributed by atoms with Crippen molar-refractivity contribution in [3.05, 3.63) is 35.4 Å². The molecule has 0 aliphatic heterocycles. The zero-order chi connectivity index (χ0) is 12.1. The largest absolute Gasteiger partial charge is 0.472 e. The first-order valence-electron chi connectivity index (χ1n) is 5.16. The van der Waals surface area contributed by atoms with Crippen molar-refractivity contribution < 1.29 is 13.9 Å². The lowest BCUT2D eigenvalue weighted by Crippen LogP contribution is -2.08. The first-order chi connectivity index (χ1) is 8.31. The molecule has 1 N–H and O–H groups in total. The van der Waals surface area contributed by atoms with Gasteiger partial charge in [-0.15, -0.1) is 11.3 Å². The quantitative estimate of drug-likeness (QED) is 0.828. The van der Waals surface area contributed by atoms with Gasteiger partial charge in [0, 0.05) is 12.1 Å². The number of ether oxygens (including phenoxy) is 1. The molecular formula is C11H12N2O3S. The number of anilines is 1. The van der Waals surface area contributed by atoms with Crippen LogP contribution in [0.25, 0.3) is 0 Å². The molecule has 17 heavy (non-hydrogen) atoms. The van der Waals surface area contributed by atoms with E-state index in [2.05, 4.69) is 10.3 Å². The monoisotopic (exact) mass is 252 g/mol. The second kappa shape index (κ2) is 5.49. The molecule has 0 aromatic carbocycles. The van der Waals surface area contributed by atoms with Gasteiger partial charge >= 0.3 is 5.97 Å². The molecule has 0 bridgehead atoms. The molecule has 2 aromatic rings. The van der Waals surface area contributed by atoms with Crippen molar-refractivity contribution in [2.45, 2.75) is 13.5 Å². The van der Waals surface area contributed by atoms with E-state index >= 15 is 0 Å². The Morgan fingerprint density at radius 3 is 3.24 bits per heavy atom. The van der Waals surface area contributed by atoms with Gasteiger partial charge in [0.15, 0.2) is 5.69 Å². The van der Waals surface area contributed by atoms with E-state index in [1.54, 1.807) is 25.0 Å². The van der Waals surface area contributed by atoms with Gasteiger partial charge < -0.3 is 14.5 Å². The fraction of sp³-hybridized carbons (Fsp3) is 0.273. The van der Waals surface area contributed by atoms with Gasteiger partial charge in [0.25, 0.3) is 0 Å². The third-order valence-electron chi connectivity index (χ3n) is 2.07. The Bertz CT molecular complexity index is 479. The van der Waals surface area contributed by atoms with Crippen LogP contribution in [0.3, 0.4) is 0 Å². The summed E-state index contributed by atoms with van der Waals surface area (Å²) in [5.74, 6) is -0.400. The molecule has 2 aromatic heterocycles. The number of hydrogen-bond donors (Lipinski definition) is 1. The third kappa shape index (κ3) is 2.85. The Morgan fingerprint density at radius 2 is 2.53 bits per heavy atom. The van der Waals surface area contributed by atoms with Crippen molar-refractivity contribution in [1.29, 1.82) is 0 Å². The molecule has 0 aliphatic rings. The fourth-order valence-electron chi connectivity index (χ4n) is 1.29. The van der Waals surface area contributed by atoms with Crippen LogP contribution in [0.15, 0.2) is 28.5 Å². The van der Waals surface area contributed by atoms with Crippen LogP contribution in [0.5, 0.6) is 0 Å². The average molecular weight is 252 g/mol. The van der Waals surface area contributed by atoms with E-state index in [4.69, 9.17) is 9.15 Å². The molecule has 0 saturated carbocycles. The Kier molecular flexibility index (Phi) is 3.77. The minimum absolute atomic E-state index is 0.334. The Balaban J connectivity index is 2.01. The minimum Gasteiger partial charge on any atom is -0.472 e. The molecule has 0 atom stereocenters. The summed E-state index contributed by atoms with van der Waals surface area (Å²) in [6.07, 6.45) is 3.26. The van der Waals surface area contributed by atoms with Crippen molar-refractivity contribution in [2.75, 3.05) is 11.9 Å². The number of nitrogens with one attached hydrogen (secondary N) is 1. The number of thiazole rings is 1. The van der Waals surface area contributed by atoms with Gasteiger partial charge in [-0.05, 0) is 13.0 Å². The summed E-state index contributed by atoms with van der Waals surface area (Å²) in [6, 6.07) is 1.86. The summed E-state index contributed by atoms with van der Waals surface area (Å²) in [5, 5.41) is 3.84. The second-order valence-corrected chi connectivity index (χ2v) is 4.09. The number of carbonyl (C=O) groups excluding carboxylic acids is 1. The van der Waals surface area contributed by atoms with Crippen LogP contribution < -0.4 is 5.32 Å². The van der Waals surface area contributed by atoms with Crippen LogP contribution in [0.4, 0.5) is 5.00 Å². The normalized spacial score (nSPS) is 10.2. The summed E-state index contributed by atoms with van der Waals surface area (Å²) in [6.45, 7) is 2.70. The predicted octanol–water partition coefficient (Wildman–Crippen LogP) is 2.52. The number of aromatic nitrogens is 1. The zero-order valence-corrected chi connectivity index (χ0v) is 10.1. The summed E-state index contributed by atoms with van der Waals surface area (Å²) in [4.78, 5) is 15.5. The summed E-state index contributed by atoms with van der Waals surface area (Å²) >= 11 is 1.37. The van der Waals surface area contributed by atoms with Crippen LogP contribution in [0, 0.1) is 0 Å². The zero-order valence-electron chi connectivity index (χ0n) is 9.30. The molecule has 2 rings (SSSR count). The predicted molar refractivity (Wildman–Crippen MR) is 64.1 cm³/mol. The highest BCUT2D eigenvalue weighted by atomic mass is 32.1. The highest BCUT2D eigenvalue weighted by molar-refractivity contribution is 7.14. The average Bonchev–Trinajstić information content (AvgIpc) is 2.98. The number of esters is 1. The maximum Gasteiger partial charge on any atom is 0.360 e. The smallest absolute Gasteiger partial charge is 0.360 e. The molecule has 0 radical (unpaired) electrons. The van der Waals surface area contributed by atoms with Crippen molar-refractivity contribution in [3.8, 4) is 0 Å². The fourth-order valence-corrected chi connectivity index (χ4v) is 1.96. The molecule has 0 spiro atoms. The van der Waals surface area contributed by atoms with E-state index in [0.29, 0.717) is 23.8 Å². The molecule has 5 nitrogen and oxygen atoms in total. The van der Waals surface area contributed by atoms with E-state index in [-0.39, 0.29) is 0 Å². The SMILES string of the molecule is CCOC(=O)c1ncsc1NCc1ccoc1. The van der Waals surface area contributed by atoms with Crippen LogP contribution in [0.2, 0.25) is 0 Å². The molecule has 0 amide bonds. The molecular weight excluding hydrogens is 240 g/mol. The van der Waals surface area contributed by atoms with Gasteiger partial charge in [-0.3, -0.25) is 0 Å². The summed E-state index contributed by atoms with van der Waals surface area (Å²) in [7, 11) is 0. The lowest BCUT2D eigenvalue weighted by atomic mass is 10.3. The number of nitrogens with zero attached hydrogens (tertiary/aromatic N) is 1. The van der Waals surface area contributed by atoms with Crippen LogP contribution >= 0.6 is 11.3 Å². The Morgan fingerprint density at radius 1 is 1.65 bits per heavy atom. The molecule has 0 fully saturated rings.